The average molecular weight is 279 g/mol. The molecule has 0 saturated heterocycles. The Balaban J connectivity index is 1.96. The lowest BCUT2D eigenvalue weighted by Crippen LogP contribution is -1.98. The van der Waals surface area contributed by atoms with Crippen LogP contribution in [0.25, 0.3) is 11.0 Å². The molecule has 0 radical (unpaired) electrons. The van der Waals surface area contributed by atoms with Crippen molar-refractivity contribution in [3.05, 3.63) is 52.3 Å². The summed E-state index contributed by atoms with van der Waals surface area (Å²) < 4.78 is 0. The predicted molar refractivity (Wildman–Crippen MR) is 71.0 cm³/mol. The van der Waals surface area contributed by atoms with Crippen LogP contribution in [-0.2, 0) is 6.42 Å². The van der Waals surface area contributed by atoms with E-state index in [2.05, 4.69) is 19.9 Å². The van der Waals surface area contributed by atoms with Crippen LogP contribution in [0.2, 0.25) is 10.3 Å². The monoisotopic (exact) mass is 278 g/mol. The number of benzene rings is 1. The van der Waals surface area contributed by atoms with Gasteiger partial charge in [0, 0.05) is 6.07 Å². The standard InChI is InChI=1S/C12H8Cl2N4/c13-9-5-10(14)18-12(17-9)6-11-15-7-3-1-2-4-8(7)16-11/h1-5H,6H2,(H,15,16). The number of nitrogens with one attached hydrogen (secondary N) is 1. The van der Waals surface area contributed by atoms with Gasteiger partial charge in [-0.3, -0.25) is 0 Å². The molecule has 6 heteroatoms. The summed E-state index contributed by atoms with van der Waals surface area (Å²) in [6, 6.07) is 9.32. The Kier molecular flexibility index (Phi) is 2.89. The van der Waals surface area contributed by atoms with Crippen molar-refractivity contribution in [1.29, 1.82) is 0 Å². The number of imidazole rings is 1. The second kappa shape index (κ2) is 4.55. The Morgan fingerprint density at radius 2 is 1.72 bits per heavy atom. The van der Waals surface area contributed by atoms with Crippen LogP contribution in [0.5, 0.6) is 0 Å². The number of halogens is 2. The van der Waals surface area contributed by atoms with Crippen LogP contribution in [-0.4, -0.2) is 19.9 Å². The van der Waals surface area contributed by atoms with Crippen molar-refractivity contribution in [2.24, 2.45) is 0 Å². The van der Waals surface area contributed by atoms with Crippen LogP contribution in [0.4, 0.5) is 0 Å². The maximum atomic E-state index is 5.83. The molecule has 3 aromatic rings. The lowest BCUT2D eigenvalue weighted by Gasteiger charge is -1.98. The number of rotatable bonds is 2. The van der Waals surface area contributed by atoms with Gasteiger partial charge in [0.05, 0.1) is 17.5 Å². The third-order valence-electron chi connectivity index (χ3n) is 2.47. The van der Waals surface area contributed by atoms with Gasteiger partial charge in [-0.1, -0.05) is 35.3 Å². The Morgan fingerprint density at radius 3 is 2.44 bits per heavy atom. The van der Waals surface area contributed by atoms with Crippen molar-refractivity contribution in [2.75, 3.05) is 0 Å². The minimum absolute atomic E-state index is 0.334. The van der Waals surface area contributed by atoms with Crippen molar-refractivity contribution in [1.82, 2.24) is 19.9 Å². The summed E-state index contributed by atoms with van der Waals surface area (Å²) in [4.78, 5) is 15.9. The summed E-state index contributed by atoms with van der Waals surface area (Å²) in [5, 5.41) is 0.669. The fourth-order valence-electron chi connectivity index (χ4n) is 1.75. The number of H-pyrrole nitrogens is 1. The van der Waals surface area contributed by atoms with Crippen LogP contribution < -0.4 is 0 Å². The molecule has 0 aliphatic carbocycles. The number of para-hydroxylation sites is 2. The van der Waals surface area contributed by atoms with E-state index in [9.17, 15) is 0 Å². The van der Waals surface area contributed by atoms with Crippen LogP contribution in [0.3, 0.4) is 0 Å². The van der Waals surface area contributed by atoms with Crippen molar-refractivity contribution in [3.8, 4) is 0 Å². The first-order valence-electron chi connectivity index (χ1n) is 5.33. The molecule has 0 amide bonds. The van der Waals surface area contributed by atoms with E-state index in [0.29, 0.717) is 22.6 Å². The Labute approximate surface area is 113 Å². The summed E-state index contributed by atoms with van der Waals surface area (Å²) in [6.45, 7) is 0. The highest BCUT2D eigenvalue weighted by Gasteiger charge is 2.07. The van der Waals surface area contributed by atoms with Gasteiger partial charge in [-0.25, -0.2) is 15.0 Å². The lowest BCUT2D eigenvalue weighted by atomic mass is 10.3. The van der Waals surface area contributed by atoms with E-state index < -0.39 is 0 Å². The third-order valence-corrected chi connectivity index (χ3v) is 2.86. The molecule has 0 aliphatic heterocycles. The molecular weight excluding hydrogens is 271 g/mol. The van der Waals surface area contributed by atoms with E-state index in [4.69, 9.17) is 23.2 Å². The number of hydrogen-bond donors (Lipinski definition) is 1. The topological polar surface area (TPSA) is 54.5 Å². The van der Waals surface area contributed by atoms with Crippen molar-refractivity contribution >= 4 is 34.2 Å². The minimum Gasteiger partial charge on any atom is -0.342 e. The van der Waals surface area contributed by atoms with Crippen molar-refractivity contribution in [3.63, 3.8) is 0 Å². The Morgan fingerprint density at radius 1 is 1.00 bits per heavy atom. The van der Waals surface area contributed by atoms with Gasteiger partial charge in [-0.05, 0) is 12.1 Å². The first-order valence-corrected chi connectivity index (χ1v) is 6.09. The maximum Gasteiger partial charge on any atom is 0.139 e. The van der Waals surface area contributed by atoms with E-state index >= 15 is 0 Å². The SMILES string of the molecule is Clc1cc(Cl)nc(Cc2nc3ccccc3[nH]2)n1. The number of nitrogens with zero attached hydrogens (tertiary/aromatic N) is 3. The molecule has 0 unspecified atom stereocenters. The average Bonchev–Trinajstić information content (AvgIpc) is 2.69. The molecule has 4 nitrogen and oxygen atoms in total. The summed E-state index contributed by atoms with van der Waals surface area (Å²) in [6.07, 6.45) is 0.467. The first-order chi connectivity index (χ1) is 8.70. The van der Waals surface area contributed by atoms with E-state index in [1.165, 1.54) is 6.07 Å². The van der Waals surface area contributed by atoms with Gasteiger partial charge in [-0.2, -0.15) is 0 Å². The lowest BCUT2D eigenvalue weighted by molar-refractivity contribution is 0.918. The quantitative estimate of drug-likeness (QED) is 0.732. The smallest absolute Gasteiger partial charge is 0.139 e. The zero-order valence-electron chi connectivity index (χ0n) is 9.19. The number of fused-ring (bicyclic) bond motifs is 1. The van der Waals surface area contributed by atoms with E-state index in [1.54, 1.807) is 0 Å². The van der Waals surface area contributed by atoms with E-state index in [1.807, 2.05) is 24.3 Å². The molecule has 0 fully saturated rings. The molecule has 2 aromatic heterocycles. The third kappa shape index (κ3) is 2.30. The number of aromatic nitrogens is 4. The Hall–Kier alpha value is -1.65. The molecule has 1 N–H and O–H groups in total. The molecule has 18 heavy (non-hydrogen) atoms. The molecule has 0 spiro atoms. The molecular formula is C12H8Cl2N4. The summed E-state index contributed by atoms with van der Waals surface area (Å²) >= 11 is 11.7. The highest BCUT2D eigenvalue weighted by atomic mass is 35.5. The van der Waals surface area contributed by atoms with Gasteiger partial charge < -0.3 is 4.98 Å². The normalized spacial score (nSPS) is 11.0. The van der Waals surface area contributed by atoms with E-state index in [-0.39, 0.29) is 0 Å². The summed E-state index contributed by atoms with van der Waals surface area (Å²) in [5.74, 6) is 1.33. The molecule has 0 saturated carbocycles. The maximum absolute atomic E-state index is 5.83. The fraction of sp³-hybridized carbons (Fsp3) is 0.0833. The van der Waals surface area contributed by atoms with Crippen LogP contribution >= 0.6 is 23.2 Å². The van der Waals surface area contributed by atoms with Crippen LogP contribution in [0.15, 0.2) is 30.3 Å². The Bertz CT molecular complexity index is 655. The van der Waals surface area contributed by atoms with E-state index in [0.717, 1.165) is 16.9 Å². The van der Waals surface area contributed by atoms with Gasteiger partial charge in [0.2, 0.25) is 0 Å². The van der Waals surface area contributed by atoms with Crippen LogP contribution in [0, 0.1) is 0 Å². The molecule has 2 heterocycles. The molecule has 90 valence electrons. The highest BCUT2D eigenvalue weighted by Crippen LogP contribution is 2.15. The molecule has 3 rings (SSSR count). The molecule has 0 bridgehead atoms. The number of aromatic amines is 1. The second-order valence-corrected chi connectivity index (χ2v) is 4.58. The van der Waals surface area contributed by atoms with Crippen molar-refractivity contribution in [2.45, 2.75) is 6.42 Å². The zero-order valence-corrected chi connectivity index (χ0v) is 10.7. The highest BCUT2D eigenvalue weighted by molar-refractivity contribution is 6.33. The van der Waals surface area contributed by atoms with Gasteiger partial charge >= 0.3 is 0 Å². The van der Waals surface area contributed by atoms with Gasteiger partial charge in [0.25, 0.3) is 0 Å². The van der Waals surface area contributed by atoms with Gasteiger partial charge in [0.15, 0.2) is 0 Å². The second-order valence-electron chi connectivity index (χ2n) is 3.81. The largest absolute Gasteiger partial charge is 0.342 e. The fourth-order valence-corrected chi connectivity index (χ4v) is 2.21. The number of hydrogen-bond acceptors (Lipinski definition) is 3. The summed E-state index contributed by atoms with van der Waals surface area (Å²) in [5.41, 5.74) is 1.90. The molecule has 0 aliphatic rings. The van der Waals surface area contributed by atoms with Gasteiger partial charge in [-0.15, -0.1) is 0 Å². The molecule has 1 aromatic carbocycles. The summed E-state index contributed by atoms with van der Waals surface area (Å²) in [7, 11) is 0. The van der Waals surface area contributed by atoms with Gasteiger partial charge in [0.1, 0.15) is 22.0 Å². The minimum atomic E-state index is 0.334. The zero-order chi connectivity index (χ0) is 12.5. The van der Waals surface area contributed by atoms with Crippen molar-refractivity contribution < 1.29 is 0 Å². The molecule has 0 atom stereocenters. The predicted octanol–water partition coefficient (Wildman–Crippen LogP) is 3.25. The first kappa shape index (κ1) is 11.4. The van der Waals surface area contributed by atoms with Crippen LogP contribution in [0.1, 0.15) is 11.6 Å².